The molecule has 2 heterocycles. The molecule has 2 aromatic carbocycles. The third-order valence-electron chi connectivity index (χ3n) is 6.29. The molecule has 0 spiro atoms. The van der Waals surface area contributed by atoms with Crippen molar-refractivity contribution in [1.29, 1.82) is 0 Å². The van der Waals surface area contributed by atoms with Crippen LogP contribution in [-0.4, -0.2) is 80.2 Å². The maximum atomic E-state index is 13.2. The van der Waals surface area contributed by atoms with E-state index in [-0.39, 0.29) is 11.3 Å². The van der Waals surface area contributed by atoms with Gasteiger partial charge in [0, 0.05) is 31.7 Å². The summed E-state index contributed by atoms with van der Waals surface area (Å²) in [7, 11) is 3.12. The van der Waals surface area contributed by atoms with E-state index in [9.17, 15) is 14.7 Å². The van der Waals surface area contributed by atoms with Crippen LogP contribution in [0.5, 0.6) is 11.5 Å². The zero-order valence-electron chi connectivity index (χ0n) is 19.5. The summed E-state index contributed by atoms with van der Waals surface area (Å²) in [6.07, 6.45) is 0.704. The number of rotatable bonds is 8. The minimum absolute atomic E-state index is 0.0785. The van der Waals surface area contributed by atoms with E-state index >= 15 is 0 Å². The number of aliphatic hydroxyl groups is 1. The summed E-state index contributed by atoms with van der Waals surface area (Å²) in [4.78, 5) is 30.1. The topological polar surface area (TPSA) is 88.5 Å². The summed E-state index contributed by atoms with van der Waals surface area (Å²) in [5.74, 6) is -0.257. The van der Waals surface area contributed by atoms with Crippen molar-refractivity contribution in [1.82, 2.24) is 9.80 Å². The molecule has 0 bridgehead atoms. The predicted octanol–water partition coefficient (Wildman–Crippen LogP) is 2.85. The van der Waals surface area contributed by atoms with E-state index in [2.05, 4.69) is 4.90 Å². The molecule has 2 aliphatic rings. The van der Waals surface area contributed by atoms with Gasteiger partial charge in [-0.3, -0.25) is 14.5 Å². The Morgan fingerprint density at radius 2 is 1.71 bits per heavy atom. The lowest BCUT2D eigenvalue weighted by molar-refractivity contribution is -0.140. The third-order valence-corrected chi connectivity index (χ3v) is 6.29. The van der Waals surface area contributed by atoms with Gasteiger partial charge in [-0.15, -0.1) is 0 Å². The summed E-state index contributed by atoms with van der Waals surface area (Å²) >= 11 is 0. The Hall–Kier alpha value is -3.36. The van der Waals surface area contributed by atoms with Crippen molar-refractivity contribution in [2.24, 2.45) is 0 Å². The number of aliphatic hydroxyl groups excluding tert-OH is 1. The lowest BCUT2D eigenvalue weighted by Crippen LogP contribution is -2.38. The Morgan fingerprint density at radius 3 is 2.38 bits per heavy atom. The van der Waals surface area contributed by atoms with Crippen LogP contribution in [0.4, 0.5) is 0 Å². The second-order valence-electron chi connectivity index (χ2n) is 8.31. The fraction of sp³-hybridized carbons (Fsp3) is 0.385. The SMILES string of the molecule is COc1ccc(C(O)=C2C(=O)C(=O)N(CCCN3CCOCC3)[C@@H]2c2cccc(OC)c2)cc1. The number of likely N-dealkylation sites (tertiary alicyclic amines) is 1. The number of ether oxygens (including phenoxy) is 3. The Morgan fingerprint density at radius 1 is 1.00 bits per heavy atom. The van der Waals surface area contributed by atoms with E-state index in [0.717, 1.165) is 19.6 Å². The number of hydrogen-bond acceptors (Lipinski definition) is 7. The molecule has 2 saturated heterocycles. The lowest BCUT2D eigenvalue weighted by Gasteiger charge is -2.29. The number of amides is 1. The molecule has 34 heavy (non-hydrogen) atoms. The van der Waals surface area contributed by atoms with Gasteiger partial charge in [0.15, 0.2) is 0 Å². The summed E-state index contributed by atoms with van der Waals surface area (Å²) in [6.45, 7) is 4.32. The molecular formula is C26H30N2O6. The average Bonchev–Trinajstić information content (AvgIpc) is 3.14. The van der Waals surface area contributed by atoms with Gasteiger partial charge in [-0.25, -0.2) is 0 Å². The molecule has 180 valence electrons. The van der Waals surface area contributed by atoms with Gasteiger partial charge in [-0.1, -0.05) is 12.1 Å². The summed E-state index contributed by atoms with van der Waals surface area (Å²) < 4.78 is 16.0. The standard InChI is InChI=1S/C26H30N2O6/c1-32-20-9-7-18(8-10-20)24(29)22-23(19-5-3-6-21(17-19)33-2)28(26(31)25(22)30)12-4-11-27-13-15-34-16-14-27/h3,5-10,17,23,29H,4,11-16H2,1-2H3/t23-/m1/s1. The molecule has 8 heteroatoms. The molecule has 8 nitrogen and oxygen atoms in total. The highest BCUT2D eigenvalue weighted by atomic mass is 16.5. The predicted molar refractivity (Wildman–Crippen MR) is 127 cm³/mol. The second-order valence-corrected chi connectivity index (χ2v) is 8.31. The number of methoxy groups -OCH3 is 2. The van der Waals surface area contributed by atoms with E-state index in [0.29, 0.717) is 48.8 Å². The molecule has 0 aliphatic carbocycles. The van der Waals surface area contributed by atoms with Crippen molar-refractivity contribution in [3.63, 3.8) is 0 Å². The number of carbonyl (C=O) groups is 2. The van der Waals surface area contributed by atoms with Crippen LogP contribution in [0.25, 0.3) is 5.76 Å². The zero-order valence-corrected chi connectivity index (χ0v) is 19.5. The van der Waals surface area contributed by atoms with Crippen LogP contribution in [0.1, 0.15) is 23.6 Å². The minimum atomic E-state index is -0.707. The molecule has 2 fully saturated rings. The number of benzene rings is 2. The van der Waals surface area contributed by atoms with Crippen molar-refractivity contribution in [2.45, 2.75) is 12.5 Å². The number of hydrogen-bond donors (Lipinski definition) is 1. The number of ketones is 1. The molecule has 1 atom stereocenters. The van der Waals surface area contributed by atoms with Gasteiger partial charge in [0.25, 0.3) is 11.7 Å². The van der Waals surface area contributed by atoms with Crippen molar-refractivity contribution in [3.8, 4) is 11.5 Å². The number of morpholine rings is 1. The molecule has 1 N–H and O–H groups in total. The molecular weight excluding hydrogens is 436 g/mol. The van der Waals surface area contributed by atoms with Gasteiger partial charge >= 0.3 is 0 Å². The molecule has 2 aromatic rings. The van der Waals surface area contributed by atoms with Gasteiger partial charge in [-0.2, -0.15) is 0 Å². The van der Waals surface area contributed by atoms with Crippen molar-refractivity contribution in [2.75, 3.05) is 53.6 Å². The first kappa shape index (κ1) is 23.8. The van der Waals surface area contributed by atoms with Crippen molar-refractivity contribution in [3.05, 3.63) is 65.2 Å². The van der Waals surface area contributed by atoms with E-state index < -0.39 is 17.7 Å². The lowest BCUT2D eigenvalue weighted by atomic mass is 9.95. The Kier molecular flexibility index (Phi) is 7.49. The number of carbonyl (C=O) groups excluding carboxylic acids is 2. The van der Waals surface area contributed by atoms with Crippen molar-refractivity contribution >= 4 is 17.4 Å². The van der Waals surface area contributed by atoms with Crippen LogP contribution < -0.4 is 9.47 Å². The fourth-order valence-corrected chi connectivity index (χ4v) is 4.46. The molecule has 0 saturated carbocycles. The van der Waals surface area contributed by atoms with Gasteiger partial charge in [0.2, 0.25) is 0 Å². The van der Waals surface area contributed by atoms with Crippen LogP contribution in [0.2, 0.25) is 0 Å². The summed E-state index contributed by atoms with van der Waals surface area (Å²) in [5, 5.41) is 11.2. The van der Waals surface area contributed by atoms with Crippen LogP contribution in [0.3, 0.4) is 0 Å². The fourth-order valence-electron chi connectivity index (χ4n) is 4.46. The molecule has 0 unspecified atom stereocenters. The summed E-state index contributed by atoms with van der Waals surface area (Å²) in [5.41, 5.74) is 1.23. The second kappa shape index (κ2) is 10.7. The van der Waals surface area contributed by atoms with Crippen LogP contribution in [0, 0.1) is 0 Å². The van der Waals surface area contributed by atoms with Crippen molar-refractivity contribution < 1.29 is 28.9 Å². The van der Waals surface area contributed by atoms with E-state index in [1.165, 1.54) is 0 Å². The maximum Gasteiger partial charge on any atom is 0.295 e. The first-order valence-corrected chi connectivity index (χ1v) is 11.4. The van der Waals surface area contributed by atoms with Crippen LogP contribution in [-0.2, 0) is 14.3 Å². The van der Waals surface area contributed by atoms with Gasteiger partial charge in [-0.05, 0) is 48.4 Å². The smallest absolute Gasteiger partial charge is 0.295 e. The monoisotopic (exact) mass is 466 g/mol. The van der Waals surface area contributed by atoms with Gasteiger partial charge < -0.3 is 24.2 Å². The van der Waals surface area contributed by atoms with E-state index in [1.807, 2.05) is 12.1 Å². The highest BCUT2D eigenvalue weighted by Crippen LogP contribution is 2.40. The molecule has 0 aromatic heterocycles. The Balaban J connectivity index is 1.68. The highest BCUT2D eigenvalue weighted by Gasteiger charge is 2.45. The normalized spacial score (nSPS) is 20.5. The van der Waals surface area contributed by atoms with Gasteiger partial charge in [0.1, 0.15) is 17.3 Å². The summed E-state index contributed by atoms with van der Waals surface area (Å²) in [6, 6.07) is 13.3. The zero-order chi connectivity index (χ0) is 24.1. The minimum Gasteiger partial charge on any atom is -0.507 e. The Bertz CT molecular complexity index is 1060. The van der Waals surface area contributed by atoms with Crippen LogP contribution in [0.15, 0.2) is 54.1 Å². The molecule has 0 radical (unpaired) electrons. The van der Waals surface area contributed by atoms with E-state index in [1.54, 1.807) is 55.5 Å². The third kappa shape index (κ3) is 4.93. The maximum absolute atomic E-state index is 13.2. The average molecular weight is 467 g/mol. The Labute approximate surface area is 199 Å². The first-order chi connectivity index (χ1) is 16.5. The molecule has 2 aliphatic heterocycles. The molecule has 1 amide bonds. The molecule has 4 rings (SSSR count). The van der Waals surface area contributed by atoms with Crippen LogP contribution >= 0.6 is 0 Å². The van der Waals surface area contributed by atoms with E-state index in [4.69, 9.17) is 14.2 Å². The highest BCUT2D eigenvalue weighted by molar-refractivity contribution is 6.46. The largest absolute Gasteiger partial charge is 0.507 e. The first-order valence-electron chi connectivity index (χ1n) is 11.4. The number of nitrogens with zero attached hydrogens (tertiary/aromatic N) is 2. The van der Waals surface area contributed by atoms with Gasteiger partial charge in [0.05, 0.1) is 39.0 Å². The quantitative estimate of drug-likeness (QED) is 0.364. The number of Topliss-reactive ketones (excluding diaryl/α,β-unsaturated/α-hetero) is 1.